The van der Waals surface area contributed by atoms with E-state index in [-0.39, 0.29) is 17.2 Å². The molecule has 0 atom stereocenters. The molecule has 1 amide bonds. The van der Waals surface area contributed by atoms with Crippen LogP contribution in [0.25, 0.3) is 11.1 Å². The Balaban J connectivity index is 1.91. The summed E-state index contributed by atoms with van der Waals surface area (Å²) in [6.07, 6.45) is 4.38. The molecular formula is C24H29N5O3S. The first-order chi connectivity index (χ1) is 15.5. The molecule has 174 valence electrons. The van der Waals surface area contributed by atoms with Crippen LogP contribution in [0.5, 0.6) is 0 Å². The van der Waals surface area contributed by atoms with Gasteiger partial charge in [-0.3, -0.25) is 9.48 Å². The van der Waals surface area contributed by atoms with Gasteiger partial charge in [-0.2, -0.15) is 5.10 Å². The molecule has 1 aliphatic heterocycles. The van der Waals surface area contributed by atoms with E-state index in [4.69, 9.17) is 0 Å². The smallest absolute Gasteiger partial charge is 0.267 e. The van der Waals surface area contributed by atoms with Gasteiger partial charge in [-0.05, 0) is 61.1 Å². The number of carbonyl (C=O) groups excluding carboxylic acids is 1. The van der Waals surface area contributed by atoms with Crippen LogP contribution in [-0.4, -0.2) is 35.6 Å². The Morgan fingerprint density at radius 2 is 1.94 bits per heavy atom. The number of carbonyl (C=O) groups is 1. The molecule has 4 bridgehead atoms. The summed E-state index contributed by atoms with van der Waals surface area (Å²) < 4.78 is 29.6. The van der Waals surface area contributed by atoms with Gasteiger partial charge in [0.1, 0.15) is 10.7 Å². The second-order valence-corrected chi connectivity index (χ2v) is 11.1. The van der Waals surface area contributed by atoms with Gasteiger partial charge < -0.3 is 5.32 Å². The third-order valence-electron chi connectivity index (χ3n) is 5.90. The number of rotatable bonds is 1. The van der Waals surface area contributed by atoms with Crippen LogP contribution in [0.4, 0.5) is 5.82 Å². The predicted molar refractivity (Wildman–Crippen MR) is 128 cm³/mol. The van der Waals surface area contributed by atoms with E-state index in [1.807, 2.05) is 39.0 Å². The molecule has 8 nitrogen and oxygen atoms in total. The average Bonchev–Trinajstić information content (AvgIpc) is 3.25. The maximum absolute atomic E-state index is 13.0. The first-order valence-corrected chi connectivity index (χ1v) is 12.4. The molecule has 33 heavy (non-hydrogen) atoms. The number of nitrogens with zero attached hydrogens (tertiary/aromatic N) is 3. The number of fused-ring (bicyclic) bond motifs is 6. The zero-order valence-electron chi connectivity index (χ0n) is 19.5. The monoisotopic (exact) mass is 467 g/mol. The first-order valence-electron chi connectivity index (χ1n) is 10.9. The van der Waals surface area contributed by atoms with Gasteiger partial charge in [0, 0.05) is 18.9 Å². The summed E-state index contributed by atoms with van der Waals surface area (Å²) in [5.74, 6) is 0.262. The van der Waals surface area contributed by atoms with Crippen molar-refractivity contribution in [1.29, 1.82) is 0 Å². The van der Waals surface area contributed by atoms with Gasteiger partial charge in [0.15, 0.2) is 0 Å². The number of pyridine rings is 1. The van der Waals surface area contributed by atoms with Crippen molar-refractivity contribution in [3.63, 3.8) is 0 Å². The molecule has 4 rings (SSSR count). The number of amides is 1. The average molecular weight is 468 g/mol. The topological polar surface area (TPSA) is 106 Å². The number of hydrogen-bond acceptors (Lipinski definition) is 6. The largest absolute Gasteiger partial charge is 0.368 e. The van der Waals surface area contributed by atoms with E-state index in [0.29, 0.717) is 12.4 Å². The molecule has 1 aromatic carbocycles. The Morgan fingerprint density at radius 3 is 2.67 bits per heavy atom. The normalized spacial score (nSPS) is 17.3. The van der Waals surface area contributed by atoms with Crippen molar-refractivity contribution in [2.45, 2.75) is 57.4 Å². The van der Waals surface area contributed by atoms with Crippen LogP contribution in [0.3, 0.4) is 0 Å². The maximum Gasteiger partial charge on any atom is 0.267 e. The fourth-order valence-corrected chi connectivity index (χ4v) is 4.99. The van der Waals surface area contributed by atoms with E-state index in [9.17, 15) is 13.2 Å². The Kier molecular flexibility index (Phi) is 5.78. The number of sulfonamides is 1. The van der Waals surface area contributed by atoms with E-state index < -0.39 is 21.5 Å². The lowest BCUT2D eigenvalue weighted by atomic mass is 9.87. The molecule has 9 heteroatoms. The minimum absolute atomic E-state index is 0.0503. The van der Waals surface area contributed by atoms with Crippen molar-refractivity contribution in [3.8, 4) is 11.1 Å². The number of aryl methyl sites for hydroxylation is 1. The Morgan fingerprint density at radius 1 is 1.18 bits per heavy atom. The number of benzene rings is 1. The van der Waals surface area contributed by atoms with Gasteiger partial charge in [0.25, 0.3) is 10.0 Å². The van der Waals surface area contributed by atoms with Crippen LogP contribution < -0.4 is 10.0 Å². The van der Waals surface area contributed by atoms with Crippen LogP contribution in [0, 0.1) is 6.92 Å². The zero-order valence-corrected chi connectivity index (χ0v) is 20.3. The second kappa shape index (κ2) is 8.30. The lowest BCUT2D eigenvalue weighted by Crippen LogP contribution is -2.35. The summed E-state index contributed by atoms with van der Waals surface area (Å²) in [4.78, 5) is 17.4. The van der Waals surface area contributed by atoms with Crippen LogP contribution >= 0.6 is 0 Å². The SMILES string of the molecule is Cc1cc2c(c(C(C)C)c1)CC(=O)NS(=O)(=O)c1cnn(c1)C(C)(C)CNc1cc-2ccn1. The quantitative estimate of drug-likeness (QED) is 0.567. The van der Waals surface area contributed by atoms with Gasteiger partial charge in [0.2, 0.25) is 5.91 Å². The summed E-state index contributed by atoms with van der Waals surface area (Å²) >= 11 is 0. The molecule has 0 saturated carbocycles. The van der Waals surface area contributed by atoms with Crippen LogP contribution in [-0.2, 0) is 26.8 Å². The predicted octanol–water partition coefficient (Wildman–Crippen LogP) is 3.59. The molecule has 0 spiro atoms. The number of anilines is 1. The van der Waals surface area contributed by atoms with Crippen molar-refractivity contribution in [3.05, 3.63) is 59.5 Å². The molecule has 0 fully saturated rings. The van der Waals surface area contributed by atoms with Crippen molar-refractivity contribution in [1.82, 2.24) is 19.5 Å². The molecule has 3 heterocycles. The standard InChI is InChI=1S/C24H29N5O3S/c1-15(2)19-8-16(3)9-20-17-6-7-25-22(10-17)26-14-24(4,5)29-13-18(12-27-29)33(31,32)28-23(30)11-21(19)20/h6-10,12-13,15H,11,14H2,1-5H3,(H,25,26)(H,28,30). The third-order valence-corrected chi connectivity index (χ3v) is 7.23. The summed E-state index contributed by atoms with van der Waals surface area (Å²) in [7, 11) is -4.05. The highest BCUT2D eigenvalue weighted by Crippen LogP contribution is 2.33. The molecule has 0 aliphatic carbocycles. The zero-order chi connectivity index (χ0) is 24.0. The van der Waals surface area contributed by atoms with E-state index in [2.05, 4.69) is 40.0 Å². The van der Waals surface area contributed by atoms with Crippen LogP contribution in [0.15, 0.2) is 47.8 Å². The molecule has 0 radical (unpaired) electrons. The molecular weight excluding hydrogens is 438 g/mol. The van der Waals surface area contributed by atoms with Crippen molar-refractivity contribution >= 4 is 21.7 Å². The van der Waals surface area contributed by atoms with E-state index in [0.717, 1.165) is 27.8 Å². The Labute approximate surface area is 194 Å². The second-order valence-electron chi connectivity index (χ2n) is 9.46. The summed E-state index contributed by atoms with van der Waals surface area (Å²) in [5, 5.41) is 7.59. The van der Waals surface area contributed by atoms with Gasteiger partial charge in [-0.25, -0.2) is 18.1 Å². The van der Waals surface area contributed by atoms with Crippen molar-refractivity contribution < 1.29 is 13.2 Å². The molecule has 1 aliphatic rings. The van der Waals surface area contributed by atoms with Crippen molar-refractivity contribution in [2.24, 2.45) is 0 Å². The molecule has 0 saturated heterocycles. The third kappa shape index (κ3) is 4.64. The van der Waals surface area contributed by atoms with Crippen LogP contribution in [0.2, 0.25) is 0 Å². The number of hydrogen-bond donors (Lipinski definition) is 2. The summed E-state index contributed by atoms with van der Waals surface area (Å²) in [5.41, 5.74) is 4.17. The molecule has 2 N–H and O–H groups in total. The van der Waals surface area contributed by atoms with Crippen molar-refractivity contribution in [2.75, 3.05) is 11.9 Å². The van der Waals surface area contributed by atoms with Gasteiger partial charge in [-0.1, -0.05) is 31.5 Å². The van der Waals surface area contributed by atoms with E-state index in [1.165, 1.54) is 12.4 Å². The Bertz CT molecular complexity index is 1330. The molecule has 2 aromatic heterocycles. The van der Waals surface area contributed by atoms with E-state index in [1.54, 1.807) is 10.9 Å². The molecule has 0 unspecified atom stereocenters. The number of aromatic nitrogens is 3. The fraction of sp³-hybridized carbons (Fsp3) is 0.375. The highest BCUT2D eigenvalue weighted by Gasteiger charge is 2.27. The number of nitrogens with one attached hydrogen (secondary N) is 2. The first kappa shape index (κ1) is 23.0. The van der Waals surface area contributed by atoms with Gasteiger partial charge >= 0.3 is 0 Å². The minimum atomic E-state index is -4.05. The highest BCUT2D eigenvalue weighted by molar-refractivity contribution is 7.90. The van der Waals surface area contributed by atoms with Crippen LogP contribution in [0.1, 0.15) is 50.3 Å². The molecule has 3 aromatic rings. The van der Waals surface area contributed by atoms with Gasteiger partial charge in [0.05, 0.1) is 18.2 Å². The van der Waals surface area contributed by atoms with Gasteiger partial charge in [-0.15, -0.1) is 0 Å². The highest BCUT2D eigenvalue weighted by atomic mass is 32.2. The summed E-state index contributed by atoms with van der Waals surface area (Å²) in [6.45, 7) is 10.5. The minimum Gasteiger partial charge on any atom is -0.368 e. The fourth-order valence-electron chi connectivity index (χ4n) is 4.08. The Hall–Kier alpha value is -3.20. The lowest BCUT2D eigenvalue weighted by Gasteiger charge is -2.26. The van der Waals surface area contributed by atoms with E-state index >= 15 is 0 Å². The lowest BCUT2D eigenvalue weighted by molar-refractivity contribution is -0.118. The maximum atomic E-state index is 13.0. The summed E-state index contributed by atoms with van der Waals surface area (Å²) in [6, 6.07) is 7.96.